The minimum atomic E-state index is -4.44. The molecule has 0 spiro atoms. The van der Waals surface area contributed by atoms with Crippen LogP contribution in [0.1, 0.15) is 16.8 Å². The van der Waals surface area contributed by atoms with E-state index in [1.807, 2.05) is 31.2 Å². The van der Waals surface area contributed by atoms with E-state index in [1.54, 1.807) is 26.4 Å². The second kappa shape index (κ2) is 8.38. The number of alkyl halides is 3. The topological polar surface area (TPSA) is 87.8 Å². The monoisotopic (exact) mass is 456 g/mol. The summed E-state index contributed by atoms with van der Waals surface area (Å²) in [6.07, 6.45) is -2.71. The number of methoxy groups -OCH3 is 1. The molecule has 3 aromatic rings. The molecule has 4 rings (SSSR count). The van der Waals surface area contributed by atoms with E-state index in [9.17, 15) is 13.2 Å². The first kappa shape index (κ1) is 22.6. The van der Waals surface area contributed by atoms with E-state index in [0.29, 0.717) is 11.3 Å². The maximum atomic E-state index is 13.0. The predicted octanol–water partition coefficient (Wildman–Crippen LogP) is 4.07. The number of anilines is 1. The van der Waals surface area contributed by atoms with Crippen LogP contribution in [0, 0.1) is 6.92 Å². The molecule has 0 bridgehead atoms. The van der Waals surface area contributed by atoms with Gasteiger partial charge in [-0.3, -0.25) is 15.7 Å². The Labute approximate surface area is 189 Å². The molecule has 0 amide bonds. The van der Waals surface area contributed by atoms with Crippen molar-refractivity contribution in [2.45, 2.75) is 18.9 Å². The van der Waals surface area contributed by atoms with E-state index in [0.717, 1.165) is 29.0 Å². The van der Waals surface area contributed by atoms with Gasteiger partial charge in [-0.15, -0.1) is 0 Å². The molecule has 0 saturated carbocycles. The van der Waals surface area contributed by atoms with Gasteiger partial charge in [-0.1, -0.05) is 18.2 Å². The third kappa shape index (κ3) is 4.62. The molecule has 0 radical (unpaired) electrons. The molecule has 2 aromatic carbocycles. The summed E-state index contributed by atoms with van der Waals surface area (Å²) in [6, 6.07) is 14.2. The van der Waals surface area contributed by atoms with Crippen LogP contribution in [-0.2, 0) is 12.0 Å². The van der Waals surface area contributed by atoms with Gasteiger partial charge in [-0.05, 0) is 48.9 Å². The fourth-order valence-corrected chi connectivity index (χ4v) is 3.60. The van der Waals surface area contributed by atoms with Crippen molar-refractivity contribution in [3.8, 4) is 16.9 Å². The lowest BCUT2D eigenvalue weighted by molar-refractivity contribution is -0.137. The molecule has 33 heavy (non-hydrogen) atoms. The summed E-state index contributed by atoms with van der Waals surface area (Å²) in [5, 5.41) is 4.42. The smallest absolute Gasteiger partial charge is 0.416 e. The number of pyridine rings is 1. The molecule has 0 saturated heterocycles. The van der Waals surface area contributed by atoms with Crippen LogP contribution >= 0.6 is 0 Å². The highest BCUT2D eigenvalue weighted by atomic mass is 19.4. The number of benzene rings is 2. The van der Waals surface area contributed by atoms with Gasteiger partial charge in [0.1, 0.15) is 5.75 Å². The number of aliphatic imine (C=N–C) groups is 1. The second-order valence-electron chi connectivity index (χ2n) is 7.68. The Kier molecular flexibility index (Phi) is 5.73. The first-order valence-corrected chi connectivity index (χ1v) is 10.1. The Morgan fingerprint density at radius 1 is 1.12 bits per heavy atom. The number of hydrogen-bond acceptors (Lipinski definition) is 7. The largest absolute Gasteiger partial charge is 0.496 e. The van der Waals surface area contributed by atoms with E-state index >= 15 is 0 Å². The van der Waals surface area contributed by atoms with Gasteiger partial charge in [0.25, 0.3) is 0 Å². The van der Waals surface area contributed by atoms with Crippen LogP contribution in [0.3, 0.4) is 0 Å². The van der Waals surface area contributed by atoms with Gasteiger partial charge < -0.3 is 10.1 Å². The fourth-order valence-electron chi connectivity index (χ4n) is 3.60. The number of ether oxygens (including phenoxy) is 1. The molecular formula is C23H23F3N6O. The van der Waals surface area contributed by atoms with Crippen molar-refractivity contribution in [2.75, 3.05) is 19.5 Å². The van der Waals surface area contributed by atoms with Crippen molar-refractivity contribution >= 4 is 11.6 Å². The maximum absolute atomic E-state index is 13.0. The van der Waals surface area contributed by atoms with Crippen LogP contribution in [0.15, 0.2) is 65.8 Å². The summed E-state index contributed by atoms with van der Waals surface area (Å²) < 4.78 is 44.7. The Balaban J connectivity index is 1.64. The lowest BCUT2D eigenvalue weighted by Gasteiger charge is -2.25. The number of aryl methyl sites for hydroxylation is 1. The highest BCUT2D eigenvalue weighted by molar-refractivity contribution is 5.94. The number of hydrazine groups is 1. The molecule has 7 nitrogen and oxygen atoms in total. The Hall–Kier alpha value is -3.63. The molecule has 172 valence electrons. The van der Waals surface area contributed by atoms with E-state index in [2.05, 4.69) is 20.7 Å². The molecule has 0 fully saturated rings. The lowest BCUT2D eigenvalue weighted by atomic mass is 10.0. The summed E-state index contributed by atoms with van der Waals surface area (Å²) in [6.45, 7) is 1.91. The molecule has 2 heterocycles. The second-order valence-corrected chi connectivity index (χ2v) is 7.68. The fraction of sp³-hybridized carbons (Fsp3) is 0.217. The number of rotatable bonds is 4. The van der Waals surface area contributed by atoms with Crippen molar-refractivity contribution in [1.29, 1.82) is 0 Å². The van der Waals surface area contributed by atoms with Crippen molar-refractivity contribution in [2.24, 2.45) is 10.7 Å². The third-order valence-electron chi connectivity index (χ3n) is 5.23. The van der Waals surface area contributed by atoms with Gasteiger partial charge in [-0.2, -0.15) is 18.6 Å². The molecule has 10 heteroatoms. The van der Waals surface area contributed by atoms with Gasteiger partial charge in [0.15, 0.2) is 0 Å². The maximum Gasteiger partial charge on any atom is 0.416 e. The molecule has 1 aliphatic heterocycles. The molecule has 4 N–H and O–H groups in total. The van der Waals surface area contributed by atoms with Gasteiger partial charge >= 0.3 is 6.18 Å². The number of guanidine groups is 1. The summed E-state index contributed by atoms with van der Waals surface area (Å²) in [4.78, 5) is 8.72. The van der Waals surface area contributed by atoms with Gasteiger partial charge in [0.05, 0.1) is 12.7 Å². The minimum Gasteiger partial charge on any atom is -0.496 e. The Bertz CT molecular complexity index is 1210. The van der Waals surface area contributed by atoms with Crippen molar-refractivity contribution in [3.63, 3.8) is 0 Å². The minimum absolute atomic E-state index is 0.238. The summed E-state index contributed by atoms with van der Waals surface area (Å²) in [5.41, 5.74) is 12.4. The van der Waals surface area contributed by atoms with Crippen molar-refractivity contribution < 1.29 is 17.9 Å². The SMILES string of the molecule is COc1cc(C2(N)N=C(Nc3cccc(C(F)(F)F)c3)N(C)N2)ccc1-c1ccnc(C)c1. The summed E-state index contributed by atoms with van der Waals surface area (Å²) in [7, 11) is 3.23. The number of hydrogen-bond donors (Lipinski definition) is 3. The molecular weight excluding hydrogens is 433 g/mol. The molecule has 0 aliphatic carbocycles. The zero-order valence-electron chi connectivity index (χ0n) is 18.2. The predicted molar refractivity (Wildman–Crippen MR) is 120 cm³/mol. The van der Waals surface area contributed by atoms with Gasteiger partial charge in [-0.25, -0.2) is 4.99 Å². The average Bonchev–Trinajstić information content (AvgIpc) is 3.07. The normalized spacial score (nSPS) is 18.3. The highest BCUT2D eigenvalue weighted by Crippen LogP contribution is 2.35. The molecule has 1 aliphatic rings. The summed E-state index contributed by atoms with van der Waals surface area (Å²) in [5.74, 6) is -0.481. The number of nitrogens with one attached hydrogen (secondary N) is 2. The van der Waals surface area contributed by atoms with Crippen LogP contribution in [0.2, 0.25) is 0 Å². The van der Waals surface area contributed by atoms with Gasteiger partial charge in [0.2, 0.25) is 11.7 Å². The molecule has 1 unspecified atom stereocenters. The molecule has 1 aromatic heterocycles. The lowest BCUT2D eigenvalue weighted by Crippen LogP contribution is -2.51. The quantitative estimate of drug-likeness (QED) is 0.549. The van der Waals surface area contributed by atoms with Gasteiger partial charge in [0, 0.05) is 35.8 Å². The number of halogens is 3. The third-order valence-corrected chi connectivity index (χ3v) is 5.23. The first-order valence-electron chi connectivity index (χ1n) is 10.1. The number of aromatic nitrogens is 1. The zero-order chi connectivity index (χ0) is 23.8. The highest BCUT2D eigenvalue weighted by Gasteiger charge is 2.37. The average molecular weight is 456 g/mol. The van der Waals surface area contributed by atoms with Crippen molar-refractivity contribution in [3.05, 3.63) is 77.6 Å². The van der Waals surface area contributed by atoms with Crippen molar-refractivity contribution in [1.82, 2.24) is 15.4 Å². The van der Waals surface area contributed by atoms with Crippen LogP contribution in [0.4, 0.5) is 18.9 Å². The van der Waals surface area contributed by atoms with E-state index in [4.69, 9.17) is 10.5 Å². The van der Waals surface area contributed by atoms with Crippen LogP contribution in [0.5, 0.6) is 5.75 Å². The Morgan fingerprint density at radius 3 is 2.61 bits per heavy atom. The van der Waals surface area contributed by atoms with E-state index < -0.39 is 17.5 Å². The Morgan fingerprint density at radius 2 is 1.91 bits per heavy atom. The van der Waals surface area contributed by atoms with Crippen LogP contribution < -0.4 is 21.2 Å². The number of nitrogens with zero attached hydrogens (tertiary/aromatic N) is 3. The standard InChI is InChI=1S/C23H23F3N6O/c1-14-11-15(9-10-28-14)19-8-7-17(13-20(19)33-3)23(27)30-21(32(2)31-23)29-18-6-4-5-16(12-18)22(24,25)26/h4-13,31H,27H2,1-3H3,(H,29,30). The van der Waals surface area contributed by atoms with Crippen LogP contribution in [0.25, 0.3) is 11.1 Å². The molecule has 1 atom stereocenters. The summed E-state index contributed by atoms with van der Waals surface area (Å²) >= 11 is 0. The zero-order valence-corrected chi connectivity index (χ0v) is 18.2. The van der Waals surface area contributed by atoms with Crippen LogP contribution in [-0.4, -0.2) is 30.1 Å². The number of nitrogens with two attached hydrogens (primary N) is 1. The van der Waals surface area contributed by atoms with E-state index in [-0.39, 0.29) is 11.6 Å². The first-order chi connectivity index (χ1) is 15.6. The van der Waals surface area contributed by atoms with E-state index in [1.165, 1.54) is 17.1 Å².